The molecule has 3 rings (SSSR count). The lowest BCUT2D eigenvalue weighted by molar-refractivity contribution is 0.0698. The Balaban J connectivity index is 2.20. The van der Waals surface area contributed by atoms with Gasteiger partial charge < -0.3 is 24.7 Å². The van der Waals surface area contributed by atoms with Crippen LogP contribution in [-0.2, 0) is 0 Å². The molecule has 3 N–H and O–H groups in total. The van der Waals surface area contributed by atoms with E-state index in [2.05, 4.69) is 0 Å². The molecule has 0 aliphatic carbocycles. The first-order valence-electron chi connectivity index (χ1n) is 7.49. The number of hydrogen-bond acceptors (Lipinski definition) is 5. The van der Waals surface area contributed by atoms with Crippen LogP contribution in [0.2, 0.25) is 0 Å². The number of rotatable bonds is 5. The van der Waals surface area contributed by atoms with Gasteiger partial charge in [0, 0.05) is 11.1 Å². The van der Waals surface area contributed by atoms with Crippen molar-refractivity contribution in [3.63, 3.8) is 0 Å². The molecule has 0 spiro atoms. The van der Waals surface area contributed by atoms with Gasteiger partial charge in [0.15, 0.2) is 0 Å². The zero-order valence-electron chi connectivity index (χ0n) is 13.8. The number of nitrogens with two attached hydrogens (primary N) is 1. The van der Waals surface area contributed by atoms with E-state index in [0.29, 0.717) is 33.9 Å². The van der Waals surface area contributed by atoms with Gasteiger partial charge in [-0.15, -0.1) is 0 Å². The second kappa shape index (κ2) is 6.60. The highest BCUT2D eigenvalue weighted by atomic mass is 16.5. The van der Waals surface area contributed by atoms with Gasteiger partial charge in [-0.25, -0.2) is 4.79 Å². The van der Waals surface area contributed by atoms with Gasteiger partial charge in [0.25, 0.3) is 0 Å². The second-order valence-corrected chi connectivity index (χ2v) is 5.31. The Morgan fingerprint density at radius 1 is 0.920 bits per heavy atom. The van der Waals surface area contributed by atoms with Crippen LogP contribution in [0, 0.1) is 0 Å². The van der Waals surface area contributed by atoms with E-state index in [1.54, 1.807) is 62.8 Å². The summed E-state index contributed by atoms with van der Waals surface area (Å²) < 4.78 is 15.9. The Kier molecular flexibility index (Phi) is 4.35. The summed E-state index contributed by atoms with van der Waals surface area (Å²) in [6.45, 7) is 0. The third-order valence-corrected chi connectivity index (χ3v) is 3.88. The molecule has 25 heavy (non-hydrogen) atoms. The van der Waals surface area contributed by atoms with Crippen LogP contribution >= 0.6 is 0 Å². The van der Waals surface area contributed by atoms with E-state index in [0.717, 1.165) is 0 Å². The molecule has 0 unspecified atom stereocenters. The number of furan rings is 1. The average molecular weight is 339 g/mol. The molecule has 0 radical (unpaired) electrons. The summed E-state index contributed by atoms with van der Waals surface area (Å²) in [5, 5.41) is 9.57. The molecule has 0 fully saturated rings. The molecule has 0 aliphatic heterocycles. The molecule has 1 aromatic heterocycles. The molecule has 1 heterocycles. The standard InChI is InChI=1S/C19H17NO5/c1-23-13-7-3-11(4-8-13)15-16(19(21)22)18(20)25-17(15)12-5-9-14(24-2)10-6-12/h3-10H,20H2,1-2H3,(H,21,22). The number of hydrogen-bond donors (Lipinski definition) is 2. The molecule has 6 nitrogen and oxygen atoms in total. The van der Waals surface area contributed by atoms with Crippen molar-refractivity contribution in [1.29, 1.82) is 0 Å². The van der Waals surface area contributed by atoms with Crippen molar-refractivity contribution in [2.24, 2.45) is 0 Å². The summed E-state index contributed by atoms with van der Waals surface area (Å²) in [5.74, 6) is 0.467. The molecular weight excluding hydrogens is 322 g/mol. The zero-order valence-corrected chi connectivity index (χ0v) is 13.8. The largest absolute Gasteiger partial charge is 0.497 e. The average Bonchev–Trinajstić information content (AvgIpc) is 2.99. The van der Waals surface area contributed by atoms with Crippen LogP contribution in [-0.4, -0.2) is 25.3 Å². The Morgan fingerprint density at radius 2 is 1.40 bits per heavy atom. The summed E-state index contributed by atoms with van der Waals surface area (Å²) in [4.78, 5) is 11.7. The third-order valence-electron chi connectivity index (χ3n) is 3.88. The van der Waals surface area contributed by atoms with Crippen LogP contribution in [0.5, 0.6) is 11.5 Å². The lowest BCUT2D eigenvalue weighted by atomic mass is 9.97. The van der Waals surface area contributed by atoms with Gasteiger partial charge in [-0.05, 0) is 42.0 Å². The highest BCUT2D eigenvalue weighted by Gasteiger charge is 2.26. The number of nitrogen functional groups attached to an aromatic ring is 1. The van der Waals surface area contributed by atoms with Crippen molar-refractivity contribution >= 4 is 11.9 Å². The Hall–Kier alpha value is -3.41. The highest BCUT2D eigenvalue weighted by Crippen LogP contribution is 2.41. The second-order valence-electron chi connectivity index (χ2n) is 5.31. The Labute approximate surface area is 144 Å². The fourth-order valence-corrected chi connectivity index (χ4v) is 2.64. The monoisotopic (exact) mass is 339 g/mol. The molecule has 0 amide bonds. The number of anilines is 1. The van der Waals surface area contributed by atoms with E-state index >= 15 is 0 Å². The number of ether oxygens (including phenoxy) is 2. The lowest BCUT2D eigenvalue weighted by Gasteiger charge is -2.07. The zero-order chi connectivity index (χ0) is 18.0. The minimum Gasteiger partial charge on any atom is -0.497 e. The summed E-state index contributed by atoms with van der Waals surface area (Å²) >= 11 is 0. The van der Waals surface area contributed by atoms with Crippen molar-refractivity contribution in [3.8, 4) is 33.9 Å². The normalized spacial score (nSPS) is 10.5. The van der Waals surface area contributed by atoms with Crippen molar-refractivity contribution in [1.82, 2.24) is 0 Å². The predicted octanol–water partition coefficient (Wildman–Crippen LogP) is 3.91. The van der Waals surface area contributed by atoms with Crippen molar-refractivity contribution in [3.05, 3.63) is 54.1 Å². The molecule has 2 aromatic carbocycles. The summed E-state index contributed by atoms with van der Waals surface area (Å²) in [6, 6.07) is 14.2. The van der Waals surface area contributed by atoms with Crippen LogP contribution in [0.15, 0.2) is 52.9 Å². The minimum absolute atomic E-state index is 0.0593. The summed E-state index contributed by atoms with van der Waals surface area (Å²) in [5.41, 5.74) is 7.57. The van der Waals surface area contributed by atoms with Gasteiger partial charge in [-0.2, -0.15) is 0 Å². The summed E-state index contributed by atoms with van der Waals surface area (Å²) in [6.07, 6.45) is 0. The maximum absolute atomic E-state index is 11.7. The van der Waals surface area contributed by atoms with E-state index in [1.807, 2.05) is 0 Å². The third kappa shape index (κ3) is 3.01. The van der Waals surface area contributed by atoms with Gasteiger partial charge in [-0.3, -0.25) is 0 Å². The Morgan fingerprint density at radius 3 is 1.84 bits per heavy atom. The fraction of sp³-hybridized carbons (Fsp3) is 0.105. The van der Waals surface area contributed by atoms with E-state index in [1.165, 1.54) is 0 Å². The number of carboxylic acids is 1. The van der Waals surface area contributed by atoms with Gasteiger partial charge in [0.05, 0.1) is 14.2 Å². The topological polar surface area (TPSA) is 94.9 Å². The molecule has 0 saturated carbocycles. The van der Waals surface area contributed by atoms with E-state index in [9.17, 15) is 9.90 Å². The SMILES string of the molecule is COc1ccc(-c2oc(N)c(C(=O)O)c2-c2ccc(OC)cc2)cc1. The molecular formula is C19H17NO5. The molecule has 3 aromatic rings. The quantitative estimate of drug-likeness (QED) is 0.732. The maximum Gasteiger partial charge on any atom is 0.341 e. The first-order valence-corrected chi connectivity index (χ1v) is 7.49. The number of methoxy groups -OCH3 is 2. The minimum atomic E-state index is -1.15. The number of carbonyl (C=O) groups is 1. The molecule has 0 atom stereocenters. The van der Waals surface area contributed by atoms with E-state index in [-0.39, 0.29) is 11.4 Å². The molecule has 6 heteroatoms. The lowest BCUT2D eigenvalue weighted by Crippen LogP contribution is -2.01. The van der Waals surface area contributed by atoms with E-state index < -0.39 is 5.97 Å². The van der Waals surface area contributed by atoms with E-state index in [4.69, 9.17) is 19.6 Å². The van der Waals surface area contributed by atoms with Crippen LogP contribution < -0.4 is 15.2 Å². The van der Waals surface area contributed by atoms with Gasteiger partial charge in [-0.1, -0.05) is 12.1 Å². The van der Waals surface area contributed by atoms with Crippen LogP contribution in [0.3, 0.4) is 0 Å². The van der Waals surface area contributed by atoms with Crippen LogP contribution in [0.4, 0.5) is 5.88 Å². The molecule has 0 aliphatic rings. The van der Waals surface area contributed by atoms with Crippen LogP contribution in [0.25, 0.3) is 22.5 Å². The van der Waals surface area contributed by atoms with Gasteiger partial charge in [0.2, 0.25) is 5.88 Å². The number of aromatic carboxylic acids is 1. The van der Waals surface area contributed by atoms with Crippen molar-refractivity contribution < 1.29 is 23.8 Å². The molecule has 0 saturated heterocycles. The maximum atomic E-state index is 11.7. The first kappa shape index (κ1) is 16.4. The smallest absolute Gasteiger partial charge is 0.341 e. The van der Waals surface area contributed by atoms with Crippen molar-refractivity contribution in [2.45, 2.75) is 0 Å². The van der Waals surface area contributed by atoms with Crippen LogP contribution in [0.1, 0.15) is 10.4 Å². The molecule has 0 bridgehead atoms. The number of carboxylic acid groups (broad SMARTS) is 1. The fourth-order valence-electron chi connectivity index (χ4n) is 2.64. The first-order chi connectivity index (χ1) is 12.0. The Bertz CT molecular complexity index is 895. The highest BCUT2D eigenvalue weighted by molar-refractivity contribution is 6.04. The predicted molar refractivity (Wildman–Crippen MR) is 94.1 cm³/mol. The number of benzene rings is 2. The van der Waals surface area contributed by atoms with Crippen molar-refractivity contribution in [2.75, 3.05) is 20.0 Å². The molecule has 128 valence electrons. The summed E-state index contributed by atoms with van der Waals surface area (Å²) in [7, 11) is 3.14. The van der Waals surface area contributed by atoms with Gasteiger partial charge in [0.1, 0.15) is 22.8 Å². The van der Waals surface area contributed by atoms with Gasteiger partial charge >= 0.3 is 5.97 Å².